The number of aromatic nitrogens is 2. The molecule has 0 aliphatic carbocycles. The number of alkyl halides is 2. The van der Waals surface area contributed by atoms with Gasteiger partial charge in [0, 0.05) is 30.3 Å². The van der Waals surface area contributed by atoms with Crippen molar-refractivity contribution < 1.29 is 23.5 Å². The van der Waals surface area contributed by atoms with E-state index in [-0.39, 0.29) is 11.4 Å². The Labute approximate surface area is 199 Å². The lowest BCUT2D eigenvalue weighted by atomic mass is 10.0. The largest absolute Gasteiger partial charge is 0.493 e. The SMILES string of the molecule is C/C(=C\c1ccc2nccc(C(=O)NCC(=O)N3CC(F)(F)CC3C#N)c2c1)c1ccc(O)nc1. The summed E-state index contributed by atoms with van der Waals surface area (Å²) in [4.78, 5) is 34.2. The number of pyridine rings is 2. The molecule has 3 aromatic rings. The summed E-state index contributed by atoms with van der Waals surface area (Å²) in [6.07, 6.45) is 4.19. The van der Waals surface area contributed by atoms with Gasteiger partial charge in [-0.3, -0.25) is 14.6 Å². The number of halogens is 2. The van der Waals surface area contributed by atoms with Crippen LogP contribution in [0.4, 0.5) is 8.78 Å². The molecule has 0 radical (unpaired) electrons. The van der Waals surface area contributed by atoms with Crippen molar-refractivity contribution >= 4 is 34.4 Å². The van der Waals surface area contributed by atoms with E-state index in [4.69, 9.17) is 5.26 Å². The van der Waals surface area contributed by atoms with Crippen LogP contribution in [0.25, 0.3) is 22.6 Å². The molecule has 0 spiro atoms. The third kappa shape index (κ3) is 5.24. The number of benzene rings is 1. The van der Waals surface area contributed by atoms with Gasteiger partial charge in [0.1, 0.15) is 6.04 Å². The van der Waals surface area contributed by atoms with Gasteiger partial charge in [0.2, 0.25) is 11.8 Å². The van der Waals surface area contributed by atoms with Crippen molar-refractivity contribution in [2.45, 2.75) is 25.3 Å². The molecule has 2 N–H and O–H groups in total. The van der Waals surface area contributed by atoms with Gasteiger partial charge in [-0.25, -0.2) is 13.8 Å². The highest BCUT2D eigenvalue weighted by molar-refractivity contribution is 6.07. The predicted octanol–water partition coefficient (Wildman–Crippen LogP) is 3.39. The molecule has 1 aliphatic heterocycles. The number of rotatable bonds is 5. The summed E-state index contributed by atoms with van der Waals surface area (Å²) in [7, 11) is 0. The first kappa shape index (κ1) is 23.8. The Balaban J connectivity index is 1.53. The highest BCUT2D eigenvalue weighted by Crippen LogP contribution is 2.31. The number of nitrogens with one attached hydrogen (secondary N) is 1. The number of nitriles is 1. The molecule has 1 atom stereocenters. The highest BCUT2D eigenvalue weighted by atomic mass is 19.3. The highest BCUT2D eigenvalue weighted by Gasteiger charge is 2.47. The van der Waals surface area contributed by atoms with Crippen LogP contribution in [0.15, 0.2) is 48.8 Å². The molecule has 1 aliphatic rings. The summed E-state index contributed by atoms with van der Waals surface area (Å²) in [5.41, 5.74) is 3.32. The maximum atomic E-state index is 13.6. The standard InChI is InChI=1S/C25H21F2N5O3/c1-15(17-3-5-22(33)30-12-17)8-16-2-4-21-20(9-16)19(6-7-29-21)24(35)31-13-23(34)32-14-25(26,27)10-18(32)11-28/h2-9,12,18H,10,13-14H2,1H3,(H,30,33)(H,31,35)/b15-8+. The van der Waals surface area contributed by atoms with Crippen LogP contribution in [0.5, 0.6) is 5.88 Å². The second-order valence-corrected chi connectivity index (χ2v) is 8.28. The number of likely N-dealkylation sites (tertiary alicyclic amines) is 1. The molecule has 0 bridgehead atoms. The van der Waals surface area contributed by atoms with Crippen molar-refractivity contribution in [2.24, 2.45) is 0 Å². The number of fused-ring (bicyclic) bond motifs is 1. The summed E-state index contributed by atoms with van der Waals surface area (Å²) in [5.74, 6) is -4.51. The molecule has 35 heavy (non-hydrogen) atoms. The molecule has 1 unspecified atom stereocenters. The monoisotopic (exact) mass is 477 g/mol. The molecule has 1 fully saturated rings. The van der Waals surface area contributed by atoms with E-state index in [2.05, 4.69) is 15.3 Å². The minimum absolute atomic E-state index is 0.0750. The van der Waals surface area contributed by atoms with Gasteiger partial charge in [-0.1, -0.05) is 12.1 Å². The number of nitrogens with zero attached hydrogens (tertiary/aromatic N) is 4. The molecule has 2 aromatic heterocycles. The van der Waals surface area contributed by atoms with Crippen molar-refractivity contribution in [3.8, 4) is 11.9 Å². The second-order valence-electron chi connectivity index (χ2n) is 8.28. The average molecular weight is 477 g/mol. The zero-order valence-corrected chi connectivity index (χ0v) is 18.7. The first-order valence-corrected chi connectivity index (χ1v) is 10.7. The van der Waals surface area contributed by atoms with Crippen molar-refractivity contribution in [1.82, 2.24) is 20.2 Å². The van der Waals surface area contributed by atoms with Crippen LogP contribution in [-0.2, 0) is 4.79 Å². The predicted molar refractivity (Wildman–Crippen MR) is 124 cm³/mol. The molecule has 1 aromatic carbocycles. The zero-order chi connectivity index (χ0) is 25.2. The molecule has 0 saturated carbocycles. The fourth-order valence-corrected chi connectivity index (χ4v) is 3.95. The van der Waals surface area contributed by atoms with Crippen molar-refractivity contribution in [2.75, 3.05) is 13.1 Å². The van der Waals surface area contributed by atoms with Crippen LogP contribution < -0.4 is 5.32 Å². The average Bonchev–Trinajstić information content (AvgIpc) is 3.17. The Bertz CT molecular complexity index is 1370. The van der Waals surface area contributed by atoms with Gasteiger partial charge >= 0.3 is 0 Å². The lowest BCUT2D eigenvalue weighted by Gasteiger charge is -2.19. The maximum Gasteiger partial charge on any atom is 0.268 e. The summed E-state index contributed by atoms with van der Waals surface area (Å²) >= 11 is 0. The van der Waals surface area contributed by atoms with Crippen LogP contribution in [0.3, 0.4) is 0 Å². The maximum absolute atomic E-state index is 13.6. The smallest absolute Gasteiger partial charge is 0.268 e. The molecule has 178 valence electrons. The van der Waals surface area contributed by atoms with E-state index < -0.39 is 43.3 Å². The minimum Gasteiger partial charge on any atom is -0.493 e. The molecule has 10 heteroatoms. The fraction of sp³-hybridized carbons (Fsp3) is 0.240. The number of hydrogen-bond acceptors (Lipinski definition) is 6. The molecule has 4 rings (SSSR count). The zero-order valence-electron chi connectivity index (χ0n) is 18.7. The topological polar surface area (TPSA) is 119 Å². The Morgan fingerprint density at radius 1 is 1.29 bits per heavy atom. The number of amides is 2. The number of carbonyl (C=O) groups excluding carboxylic acids is 2. The fourth-order valence-electron chi connectivity index (χ4n) is 3.95. The normalized spacial score (nSPS) is 17.3. The van der Waals surface area contributed by atoms with Crippen molar-refractivity contribution in [3.05, 3.63) is 65.5 Å². The van der Waals surface area contributed by atoms with Gasteiger partial charge in [0.25, 0.3) is 11.8 Å². The first-order valence-electron chi connectivity index (χ1n) is 10.7. The minimum atomic E-state index is -3.13. The Kier molecular flexibility index (Phi) is 6.42. The van der Waals surface area contributed by atoms with E-state index in [9.17, 15) is 23.5 Å². The molecule has 8 nitrogen and oxygen atoms in total. The van der Waals surface area contributed by atoms with Gasteiger partial charge in [0.15, 0.2) is 0 Å². The molecular formula is C25H21F2N5O3. The number of hydrogen-bond donors (Lipinski definition) is 2. The van der Waals surface area contributed by atoms with E-state index in [1.54, 1.807) is 30.5 Å². The van der Waals surface area contributed by atoms with Gasteiger partial charge < -0.3 is 15.3 Å². The first-order chi connectivity index (χ1) is 16.7. The van der Waals surface area contributed by atoms with E-state index in [1.165, 1.54) is 18.3 Å². The second kappa shape index (κ2) is 9.46. The van der Waals surface area contributed by atoms with Crippen LogP contribution in [0.2, 0.25) is 0 Å². The van der Waals surface area contributed by atoms with E-state index in [1.807, 2.05) is 19.1 Å². The Morgan fingerprint density at radius 2 is 2.09 bits per heavy atom. The number of allylic oxidation sites excluding steroid dienone is 1. The van der Waals surface area contributed by atoms with Crippen molar-refractivity contribution in [3.63, 3.8) is 0 Å². The molecule has 2 amide bonds. The van der Waals surface area contributed by atoms with Gasteiger partial charge in [0.05, 0.1) is 30.2 Å². The summed E-state index contributed by atoms with van der Waals surface area (Å²) in [6, 6.07) is 10.6. The molecule has 1 saturated heterocycles. The number of carbonyl (C=O) groups is 2. The summed E-state index contributed by atoms with van der Waals surface area (Å²) in [6.45, 7) is 0.532. The van der Waals surface area contributed by atoms with Gasteiger partial charge in [-0.15, -0.1) is 0 Å². The molecular weight excluding hydrogens is 456 g/mol. The third-order valence-corrected chi connectivity index (χ3v) is 5.74. The van der Waals surface area contributed by atoms with Crippen LogP contribution in [0.1, 0.15) is 34.8 Å². The van der Waals surface area contributed by atoms with Crippen LogP contribution in [-0.4, -0.2) is 56.8 Å². The summed E-state index contributed by atoms with van der Waals surface area (Å²) in [5, 5.41) is 21.5. The molecule has 3 heterocycles. The third-order valence-electron chi connectivity index (χ3n) is 5.74. The van der Waals surface area contributed by atoms with Gasteiger partial charge in [-0.2, -0.15) is 5.26 Å². The van der Waals surface area contributed by atoms with E-state index >= 15 is 0 Å². The number of aromatic hydroxyl groups is 1. The lowest BCUT2D eigenvalue weighted by molar-refractivity contribution is -0.131. The van der Waals surface area contributed by atoms with E-state index in [0.29, 0.717) is 10.9 Å². The van der Waals surface area contributed by atoms with Crippen molar-refractivity contribution in [1.29, 1.82) is 5.26 Å². The van der Waals surface area contributed by atoms with E-state index in [0.717, 1.165) is 21.6 Å². The van der Waals surface area contributed by atoms with Crippen LogP contribution >= 0.6 is 0 Å². The Morgan fingerprint density at radius 3 is 2.80 bits per heavy atom. The van der Waals surface area contributed by atoms with Gasteiger partial charge in [-0.05, 0) is 47.9 Å². The lowest BCUT2D eigenvalue weighted by Crippen LogP contribution is -2.43. The summed E-state index contributed by atoms with van der Waals surface area (Å²) < 4.78 is 27.3. The Hall–Kier alpha value is -4.39. The quantitative estimate of drug-likeness (QED) is 0.582. The van der Waals surface area contributed by atoms with Crippen LogP contribution in [0, 0.1) is 11.3 Å².